The Balaban J connectivity index is 1.65. The van der Waals surface area contributed by atoms with Crippen molar-refractivity contribution in [3.8, 4) is 11.3 Å². The summed E-state index contributed by atoms with van der Waals surface area (Å²) in [7, 11) is 0. The predicted octanol–water partition coefficient (Wildman–Crippen LogP) is 6.89. The lowest BCUT2D eigenvalue weighted by atomic mass is 10.0. The number of hydrogen-bond acceptors (Lipinski definition) is 3. The number of carbonyl (C=O) groups excluding carboxylic acids is 1. The molecule has 0 aliphatic carbocycles. The van der Waals surface area contributed by atoms with Crippen LogP contribution in [-0.4, -0.2) is 10.9 Å². The van der Waals surface area contributed by atoms with E-state index in [1.54, 1.807) is 18.2 Å². The number of benzene rings is 2. The van der Waals surface area contributed by atoms with Crippen LogP contribution in [0.2, 0.25) is 10.0 Å². The summed E-state index contributed by atoms with van der Waals surface area (Å²) in [5.74, 6) is 0.255. The van der Waals surface area contributed by atoms with E-state index in [1.165, 1.54) is 23.0 Å². The SMILES string of the molecule is CC(C)c1ccc(C=CC(=O)Nc2nc(-c3ccc(Cl)cc3Cl)cs2)cc1. The summed E-state index contributed by atoms with van der Waals surface area (Å²) in [6.45, 7) is 4.30. The fourth-order valence-electron chi connectivity index (χ4n) is 2.46. The zero-order valence-electron chi connectivity index (χ0n) is 14.9. The number of aromatic nitrogens is 1. The number of nitrogens with one attached hydrogen (secondary N) is 1. The van der Waals surface area contributed by atoms with E-state index in [1.807, 2.05) is 23.6 Å². The van der Waals surface area contributed by atoms with Crippen LogP contribution < -0.4 is 5.32 Å². The summed E-state index contributed by atoms with van der Waals surface area (Å²) >= 11 is 13.5. The zero-order chi connectivity index (χ0) is 19.4. The summed E-state index contributed by atoms with van der Waals surface area (Å²) in [5, 5.41) is 6.23. The number of carbonyl (C=O) groups is 1. The summed E-state index contributed by atoms with van der Waals surface area (Å²) in [6.07, 6.45) is 3.28. The average molecular weight is 417 g/mol. The van der Waals surface area contributed by atoms with E-state index in [9.17, 15) is 4.79 Å². The van der Waals surface area contributed by atoms with Gasteiger partial charge in [-0.05, 0) is 41.3 Å². The average Bonchev–Trinajstić information content (AvgIpc) is 3.08. The molecule has 6 heteroatoms. The first-order valence-electron chi connectivity index (χ1n) is 8.42. The Morgan fingerprint density at radius 1 is 1.15 bits per heavy atom. The summed E-state index contributed by atoms with van der Waals surface area (Å²) in [4.78, 5) is 16.6. The highest BCUT2D eigenvalue weighted by molar-refractivity contribution is 7.14. The first-order valence-corrected chi connectivity index (χ1v) is 10.1. The second-order valence-corrected chi connectivity index (χ2v) is 8.01. The minimum atomic E-state index is -0.231. The molecule has 0 atom stereocenters. The minimum Gasteiger partial charge on any atom is -0.298 e. The Labute approximate surface area is 172 Å². The molecule has 0 radical (unpaired) electrons. The third-order valence-corrected chi connectivity index (χ3v) is 5.28. The first kappa shape index (κ1) is 19.6. The number of hydrogen-bond donors (Lipinski definition) is 1. The highest BCUT2D eigenvalue weighted by Gasteiger charge is 2.10. The van der Waals surface area contributed by atoms with Crippen LogP contribution in [0.25, 0.3) is 17.3 Å². The summed E-state index contributed by atoms with van der Waals surface area (Å²) in [6, 6.07) is 13.4. The topological polar surface area (TPSA) is 42.0 Å². The van der Waals surface area contributed by atoms with Crippen LogP contribution in [-0.2, 0) is 4.79 Å². The number of halogens is 2. The van der Waals surface area contributed by atoms with E-state index < -0.39 is 0 Å². The molecule has 3 aromatic rings. The highest BCUT2D eigenvalue weighted by Crippen LogP contribution is 2.32. The number of thiazole rings is 1. The van der Waals surface area contributed by atoms with Crippen molar-refractivity contribution in [1.29, 1.82) is 0 Å². The van der Waals surface area contributed by atoms with Gasteiger partial charge in [0.1, 0.15) is 0 Å². The van der Waals surface area contributed by atoms with Crippen molar-refractivity contribution in [2.75, 3.05) is 5.32 Å². The van der Waals surface area contributed by atoms with Crippen LogP contribution in [0, 0.1) is 0 Å². The number of nitrogens with zero attached hydrogens (tertiary/aromatic N) is 1. The van der Waals surface area contributed by atoms with Crippen LogP contribution in [0.3, 0.4) is 0 Å². The molecule has 138 valence electrons. The predicted molar refractivity (Wildman–Crippen MR) is 116 cm³/mol. The molecule has 0 aliphatic heterocycles. The molecule has 1 N–H and O–H groups in total. The lowest BCUT2D eigenvalue weighted by Gasteiger charge is -2.04. The van der Waals surface area contributed by atoms with Gasteiger partial charge in [0.05, 0.1) is 10.7 Å². The van der Waals surface area contributed by atoms with Crippen molar-refractivity contribution in [3.63, 3.8) is 0 Å². The molecular formula is C21H18Cl2N2OS. The third-order valence-electron chi connectivity index (χ3n) is 3.97. The molecule has 0 saturated heterocycles. The fraction of sp³-hybridized carbons (Fsp3) is 0.143. The fourth-order valence-corrected chi connectivity index (χ4v) is 3.68. The Morgan fingerprint density at radius 2 is 1.89 bits per heavy atom. The van der Waals surface area contributed by atoms with Gasteiger partial charge in [-0.15, -0.1) is 11.3 Å². The molecule has 0 unspecified atom stereocenters. The molecule has 0 fully saturated rings. The lowest BCUT2D eigenvalue weighted by Crippen LogP contribution is -2.07. The molecule has 1 heterocycles. The van der Waals surface area contributed by atoms with Gasteiger partial charge in [0.15, 0.2) is 5.13 Å². The second-order valence-electron chi connectivity index (χ2n) is 6.31. The van der Waals surface area contributed by atoms with E-state index in [4.69, 9.17) is 23.2 Å². The Kier molecular flexibility index (Phi) is 6.32. The van der Waals surface area contributed by atoms with Crippen molar-refractivity contribution in [1.82, 2.24) is 4.98 Å². The number of rotatable bonds is 5. The second kappa shape index (κ2) is 8.70. The van der Waals surface area contributed by atoms with Gasteiger partial charge in [0.25, 0.3) is 0 Å². The molecule has 0 saturated carbocycles. The van der Waals surface area contributed by atoms with Gasteiger partial charge in [-0.1, -0.05) is 61.3 Å². The number of amides is 1. The smallest absolute Gasteiger partial charge is 0.250 e. The summed E-state index contributed by atoms with van der Waals surface area (Å²) < 4.78 is 0. The highest BCUT2D eigenvalue weighted by atomic mass is 35.5. The Morgan fingerprint density at radius 3 is 2.56 bits per heavy atom. The van der Waals surface area contributed by atoms with Crippen LogP contribution in [0.4, 0.5) is 5.13 Å². The van der Waals surface area contributed by atoms with Gasteiger partial charge in [0.2, 0.25) is 5.91 Å². The number of anilines is 1. The van der Waals surface area contributed by atoms with Crippen LogP contribution in [0.5, 0.6) is 0 Å². The third kappa shape index (κ3) is 5.19. The van der Waals surface area contributed by atoms with Crippen molar-refractivity contribution >= 4 is 51.7 Å². The van der Waals surface area contributed by atoms with Gasteiger partial charge in [-0.2, -0.15) is 0 Å². The van der Waals surface area contributed by atoms with Crippen LogP contribution in [0.1, 0.15) is 30.9 Å². The van der Waals surface area contributed by atoms with Gasteiger partial charge in [-0.25, -0.2) is 4.98 Å². The van der Waals surface area contributed by atoms with Crippen LogP contribution >= 0.6 is 34.5 Å². The quantitative estimate of drug-likeness (QED) is 0.459. The monoisotopic (exact) mass is 416 g/mol. The molecule has 0 spiro atoms. The Hall–Kier alpha value is -2.14. The minimum absolute atomic E-state index is 0.231. The van der Waals surface area contributed by atoms with Gasteiger partial charge in [-0.3, -0.25) is 10.1 Å². The van der Waals surface area contributed by atoms with E-state index >= 15 is 0 Å². The zero-order valence-corrected chi connectivity index (χ0v) is 17.2. The molecule has 2 aromatic carbocycles. The molecular weight excluding hydrogens is 399 g/mol. The maximum Gasteiger partial charge on any atom is 0.250 e. The van der Waals surface area contributed by atoms with Gasteiger partial charge < -0.3 is 0 Å². The van der Waals surface area contributed by atoms with E-state index in [0.717, 1.165) is 11.1 Å². The standard InChI is InChI=1S/C21H18Cl2N2OS/c1-13(2)15-6-3-14(4-7-15)5-10-20(26)25-21-24-19(12-27-21)17-9-8-16(22)11-18(17)23/h3-13H,1-2H3,(H,24,25,26). The molecule has 0 aliphatic rings. The van der Waals surface area contributed by atoms with E-state index in [2.05, 4.69) is 36.3 Å². The first-order chi connectivity index (χ1) is 12.9. The maximum absolute atomic E-state index is 12.1. The molecule has 3 rings (SSSR count). The summed E-state index contributed by atoms with van der Waals surface area (Å²) in [5.41, 5.74) is 3.72. The molecule has 27 heavy (non-hydrogen) atoms. The van der Waals surface area contributed by atoms with E-state index in [0.29, 0.717) is 26.8 Å². The van der Waals surface area contributed by atoms with Gasteiger partial charge in [0, 0.05) is 22.0 Å². The van der Waals surface area contributed by atoms with Crippen molar-refractivity contribution < 1.29 is 4.79 Å². The van der Waals surface area contributed by atoms with Crippen molar-refractivity contribution in [2.24, 2.45) is 0 Å². The molecule has 1 aromatic heterocycles. The normalized spacial score (nSPS) is 11.3. The van der Waals surface area contributed by atoms with Crippen molar-refractivity contribution in [3.05, 3.63) is 75.1 Å². The van der Waals surface area contributed by atoms with Crippen molar-refractivity contribution in [2.45, 2.75) is 19.8 Å². The maximum atomic E-state index is 12.1. The van der Waals surface area contributed by atoms with Gasteiger partial charge >= 0.3 is 0 Å². The molecule has 0 bridgehead atoms. The van der Waals surface area contributed by atoms with E-state index in [-0.39, 0.29) is 5.91 Å². The van der Waals surface area contributed by atoms with Crippen LogP contribution in [0.15, 0.2) is 53.9 Å². The Bertz CT molecular complexity index is 978. The molecule has 3 nitrogen and oxygen atoms in total. The lowest BCUT2D eigenvalue weighted by molar-refractivity contribution is -0.111. The largest absolute Gasteiger partial charge is 0.298 e. The molecule has 1 amide bonds.